The molecular weight excluding hydrogens is 380 g/mol. The number of benzene rings is 3. The van der Waals surface area contributed by atoms with Gasteiger partial charge in [-0.2, -0.15) is 0 Å². The zero-order valence-electron chi connectivity index (χ0n) is 16.2. The number of carbonyl (C=O) groups is 2. The molecule has 0 fully saturated rings. The van der Waals surface area contributed by atoms with Crippen LogP contribution >= 0.6 is 0 Å². The van der Waals surface area contributed by atoms with Gasteiger partial charge in [0.2, 0.25) is 0 Å². The highest BCUT2D eigenvalue weighted by atomic mass is 16.5. The maximum Gasteiger partial charge on any atom is 0.409 e. The summed E-state index contributed by atoms with van der Waals surface area (Å²) in [6, 6.07) is 24.9. The van der Waals surface area contributed by atoms with Crippen LogP contribution in [0.5, 0.6) is 0 Å². The van der Waals surface area contributed by atoms with E-state index in [9.17, 15) is 14.7 Å². The minimum absolute atomic E-state index is 0.0621. The first-order chi connectivity index (χ1) is 14.5. The molecule has 0 aliphatic heterocycles. The van der Waals surface area contributed by atoms with E-state index in [0.29, 0.717) is 5.56 Å². The molecule has 0 radical (unpaired) electrons. The van der Waals surface area contributed by atoms with Gasteiger partial charge < -0.3 is 9.84 Å². The molecule has 1 aliphatic carbocycles. The molecule has 3 aromatic carbocycles. The van der Waals surface area contributed by atoms with Crippen molar-refractivity contribution < 1.29 is 19.4 Å². The van der Waals surface area contributed by atoms with Gasteiger partial charge in [0.05, 0.1) is 0 Å². The summed E-state index contributed by atoms with van der Waals surface area (Å²) in [6.45, 7) is 0.0842. The summed E-state index contributed by atoms with van der Waals surface area (Å²) in [6.07, 6.45) is -0.925. The fourth-order valence-corrected chi connectivity index (χ4v) is 3.91. The zero-order valence-corrected chi connectivity index (χ0v) is 16.2. The third kappa shape index (κ3) is 3.77. The Morgan fingerprint density at radius 2 is 1.43 bits per heavy atom. The predicted octanol–water partition coefficient (Wildman–Crippen LogP) is 3.51. The lowest BCUT2D eigenvalue weighted by Crippen LogP contribution is -2.63. The van der Waals surface area contributed by atoms with Gasteiger partial charge in [-0.1, -0.05) is 78.9 Å². The molecule has 0 bridgehead atoms. The molecule has 3 aromatic rings. The van der Waals surface area contributed by atoms with E-state index in [0.717, 1.165) is 22.3 Å². The molecule has 0 spiro atoms. The Balaban J connectivity index is 1.47. The standard InChI is InChI=1S/C24H22N2O4/c25-24(22(27)28,14-16-8-2-1-3-9-16)26-23(29)30-15-21-19-12-6-4-10-17(19)18-11-5-7-13-20(18)21/h1-13,21H,14-15,25H2,(H,26,29)(H,27,28). The van der Waals surface area contributed by atoms with Crippen LogP contribution in [0.4, 0.5) is 4.79 Å². The van der Waals surface area contributed by atoms with Crippen LogP contribution in [0.3, 0.4) is 0 Å². The number of nitrogens with one attached hydrogen (secondary N) is 1. The fraction of sp³-hybridized carbons (Fsp3) is 0.167. The highest BCUT2D eigenvalue weighted by Gasteiger charge is 2.37. The van der Waals surface area contributed by atoms with E-state index in [2.05, 4.69) is 5.32 Å². The number of aliphatic carboxylic acids is 1. The molecule has 6 heteroatoms. The lowest BCUT2D eigenvalue weighted by molar-refractivity contribution is -0.144. The molecule has 0 saturated carbocycles. The largest absolute Gasteiger partial charge is 0.478 e. The molecule has 4 rings (SSSR count). The van der Waals surface area contributed by atoms with Crippen molar-refractivity contribution in [3.05, 3.63) is 95.6 Å². The molecule has 1 unspecified atom stereocenters. The summed E-state index contributed by atoms with van der Waals surface area (Å²) in [5.41, 5.74) is 9.11. The number of ether oxygens (including phenoxy) is 1. The molecule has 4 N–H and O–H groups in total. The highest BCUT2D eigenvalue weighted by Crippen LogP contribution is 2.44. The molecule has 0 saturated heterocycles. The van der Waals surface area contributed by atoms with Crippen molar-refractivity contribution in [2.45, 2.75) is 18.0 Å². The molecule has 1 amide bonds. The van der Waals surface area contributed by atoms with Crippen molar-refractivity contribution in [1.29, 1.82) is 0 Å². The molecule has 1 atom stereocenters. The number of hydrogen-bond acceptors (Lipinski definition) is 4. The van der Waals surface area contributed by atoms with Gasteiger partial charge >= 0.3 is 12.1 Å². The van der Waals surface area contributed by atoms with Crippen LogP contribution < -0.4 is 11.1 Å². The van der Waals surface area contributed by atoms with Crippen LogP contribution in [0, 0.1) is 0 Å². The Kier molecular flexibility index (Phi) is 5.25. The van der Waals surface area contributed by atoms with Crippen molar-refractivity contribution in [3.63, 3.8) is 0 Å². The van der Waals surface area contributed by atoms with Crippen molar-refractivity contribution in [3.8, 4) is 11.1 Å². The van der Waals surface area contributed by atoms with Gasteiger partial charge in [0.1, 0.15) is 6.61 Å². The molecule has 152 valence electrons. The van der Waals surface area contributed by atoms with E-state index < -0.39 is 17.7 Å². The average Bonchev–Trinajstić information content (AvgIpc) is 3.06. The van der Waals surface area contributed by atoms with Crippen LogP contribution in [0.15, 0.2) is 78.9 Å². The smallest absolute Gasteiger partial charge is 0.409 e. The summed E-state index contributed by atoms with van der Waals surface area (Å²) in [7, 11) is 0. The average molecular weight is 402 g/mol. The van der Waals surface area contributed by atoms with Crippen LogP contribution in [0.2, 0.25) is 0 Å². The Morgan fingerprint density at radius 3 is 2.00 bits per heavy atom. The Bertz CT molecular complexity index is 1040. The number of carboxylic acid groups (broad SMARTS) is 1. The highest BCUT2D eigenvalue weighted by molar-refractivity contribution is 5.84. The molecule has 30 heavy (non-hydrogen) atoms. The first-order valence-corrected chi connectivity index (χ1v) is 9.67. The van der Waals surface area contributed by atoms with E-state index >= 15 is 0 Å². The number of carbonyl (C=O) groups excluding carboxylic acids is 1. The summed E-state index contributed by atoms with van der Waals surface area (Å²) < 4.78 is 5.43. The lowest BCUT2D eigenvalue weighted by Gasteiger charge is -2.26. The molecule has 0 heterocycles. The number of amides is 1. The van der Waals surface area contributed by atoms with E-state index in [-0.39, 0.29) is 18.9 Å². The van der Waals surface area contributed by atoms with E-state index in [1.165, 1.54) is 0 Å². The lowest BCUT2D eigenvalue weighted by atomic mass is 9.98. The SMILES string of the molecule is NC(Cc1ccccc1)(NC(=O)OCC1c2ccccc2-c2ccccc21)C(=O)O. The minimum atomic E-state index is -1.97. The van der Waals surface area contributed by atoms with Gasteiger partial charge in [-0.15, -0.1) is 0 Å². The third-order valence-corrected chi connectivity index (χ3v) is 5.38. The third-order valence-electron chi connectivity index (χ3n) is 5.38. The number of alkyl carbamates (subject to hydrolysis) is 1. The van der Waals surface area contributed by atoms with Gasteiger partial charge in [-0.05, 0) is 27.8 Å². The van der Waals surface area contributed by atoms with E-state index in [4.69, 9.17) is 10.5 Å². The quantitative estimate of drug-likeness (QED) is 0.548. The van der Waals surface area contributed by atoms with Gasteiger partial charge in [0.15, 0.2) is 5.66 Å². The number of hydrogen-bond donors (Lipinski definition) is 3. The maximum atomic E-state index is 12.5. The van der Waals surface area contributed by atoms with Gasteiger partial charge in [0, 0.05) is 12.3 Å². The topological polar surface area (TPSA) is 102 Å². The van der Waals surface area contributed by atoms with Crippen molar-refractivity contribution in [2.75, 3.05) is 6.61 Å². The fourth-order valence-electron chi connectivity index (χ4n) is 3.91. The number of carboxylic acids is 1. The van der Waals surface area contributed by atoms with Crippen LogP contribution in [-0.4, -0.2) is 29.4 Å². The predicted molar refractivity (Wildman–Crippen MR) is 113 cm³/mol. The minimum Gasteiger partial charge on any atom is -0.478 e. The van der Waals surface area contributed by atoms with Gasteiger partial charge in [-0.25, -0.2) is 9.59 Å². The summed E-state index contributed by atoms with van der Waals surface area (Å²) in [5.74, 6) is -1.45. The summed E-state index contributed by atoms with van der Waals surface area (Å²) in [4.78, 5) is 24.2. The van der Waals surface area contributed by atoms with Crippen molar-refractivity contribution in [2.24, 2.45) is 5.73 Å². The van der Waals surface area contributed by atoms with E-state index in [1.54, 1.807) is 24.3 Å². The Hall–Kier alpha value is -3.64. The molecule has 1 aliphatic rings. The number of fused-ring (bicyclic) bond motifs is 3. The summed E-state index contributed by atoms with van der Waals surface area (Å²) >= 11 is 0. The second kappa shape index (κ2) is 8.00. The number of nitrogens with two attached hydrogens (primary N) is 1. The Labute approximate surface area is 174 Å². The normalized spacial score (nSPS) is 14.3. The molecule has 0 aromatic heterocycles. The number of rotatable bonds is 6. The molecule has 6 nitrogen and oxygen atoms in total. The second-order valence-corrected chi connectivity index (χ2v) is 7.39. The van der Waals surface area contributed by atoms with Gasteiger partial charge in [-0.3, -0.25) is 11.1 Å². The van der Waals surface area contributed by atoms with Crippen LogP contribution in [0.25, 0.3) is 11.1 Å². The van der Waals surface area contributed by atoms with Crippen molar-refractivity contribution >= 4 is 12.1 Å². The van der Waals surface area contributed by atoms with Crippen LogP contribution in [-0.2, 0) is 16.0 Å². The second-order valence-electron chi connectivity index (χ2n) is 7.39. The maximum absolute atomic E-state index is 12.5. The monoisotopic (exact) mass is 402 g/mol. The van der Waals surface area contributed by atoms with Gasteiger partial charge in [0.25, 0.3) is 0 Å². The summed E-state index contributed by atoms with van der Waals surface area (Å²) in [5, 5.41) is 11.9. The first kappa shape index (κ1) is 19.7. The Morgan fingerprint density at radius 1 is 0.900 bits per heavy atom. The van der Waals surface area contributed by atoms with Crippen molar-refractivity contribution in [1.82, 2.24) is 5.32 Å². The molecular formula is C24H22N2O4. The van der Waals surface area contributed by atoms with E-state index in [1.807, 2.05) is 54.6 Å². The zero-order chi connectivity index (χ0) is 21.1. The first-order valence-electron chi connectivity index (χ1n) is 9.67. The van der Waals surface area contributed by atoms with Crippen LogP contribution in [0.1, 0.15) is 22.6 Å².